The molecule has 1 aromatic rings. The number of carbonyl (C=O) groups excluding carboxylic acids is 2. The Hall–Kier alpha value is -2.17. The van der Waals surface area contributed by atoms with Gasteiger partial charge in [0.15, 0.2) is 0 Å². The molecule has 3 rings (SSSR count). The van der Waals surface area contributed by atoms with Crippen LogP contribution in [0.1, 0.15) is 19.3 Å². The normalized spacial score (nSPS) is 19.0. The predicted octanol–water partition coefficient (Wildman–Crippen LogP) is 1.98. The van der Waals surface area contributed by atoms with Gasteiger partial charge in [-0.15, -0.1) is 0 Å². The third-order valence-electron chi connectivity index (χ3n) is 5.50. The molecule has 1 saturated carbocycles. The summed E-state index contributed by atoms with van der Waals surface area (Å²) in [5.41, 5.74) is 6.79. The van der Waals surface area contributed by atoms with Gasteiger partial charge in [-0.2, -0.15) is 13.2 Å². The van der Waals surface area contributed by atoms with E-state index in [1.54, 1.807) is 29.2 Å². The van der Waals surface area contributed by atoms with Gasteiger partial charge in [-0.1, -0.05) is 6.42 Å². The highest BCUT2D eigenvalue weighted by Crippen LogP contribution is 2.29. The third kappa shape index (κ3) is 5.93. The fraction of sp³-hybridized carbons (Fsp3) is 0.600. The number of alkyl halides is 3. The van der Waals surface area contributed by atoms with Gasteiger partial charge >= 0.3 is 6.18 Å². The van der Waals surface area contributed by atoms with Crippen LogP contribution in [0.5, 0.6) is 0 Å². The van der Waals surface area contributed by atoms with Crippen LogP contribution in [-0.4, -0.2) is 68.3 Å². The standard InChI is InChI=1S/C20H27F3N4O3/c21-20(22,23)13-26(11-14-2-1-3-14)17(10-24)19(29)25-15-4-6-16(7-5-15)27-8-9-30-12-18(27)28/h4-7,14,17H,1-3,8-13,24H2,(H,25,29)/t17-/m1/s1. The molecule has 1 aliphatic carbocycles. The van der Waals surface area contributed by atoms with Crippen molar-refractivity contribution in [1.82, 2.24) is 4.90 Å². The molecule has 1 aliphatic heterocycles. The first-order valence-corrected chi connectivity index (χ1v) is 10.1. The van der Waals surface area contributed by atoms with E-state index in [1.807, 2.05) is 0 Å². The Morgan fingerprint density at radius 2 is 2.00 bits per heavy atom. The second kappa shape index (κ2) is 9.76. The molecule has 0 aromatic heterocycles. The molecule has 1 aromatic carbocycles. The SMILES string of the molecule is NC[C@H](C(=O)Nc1ccc(N2CCOCC2=O)cc1)N(CC1CCC1)CC(F)(F)F. The maximum absolute atomic E-state index is 13.1. The average Bonchev–Trinajstić information content (AvgIpc) is 2.65. The zero-order chi connectivity index (χ0) is 21.7. The molecule has 2 aliphatic rings. The minimum atomic E-state index is -4.41. The van der Waals surface area contributed by atoms with Crippen molar-refractivity contribution in [3.63, 3.8) is 0 Å². The van der Waals surface area contributed by atoms with E-state index in [-0.39, 0.29) is 31.5 Å². The second-order valence-corrected chi connectivity index (χ2v) is 7.73. The Morgan fingerprint density at radius 1 is 1.30 bits per heavy atom. The molecule has 2 fully saturated rings. The van der Waals surface area contributed by atoms with Crippen molar-refractivity contribution in [1.29, 1.82) is 0 Å². The lowest BCUT2D eigenvalue weighted by atomic mass is 9.85. The number of ether oxygens (including phenoxy) is 1. The summed E-state index contributed by atoms with van der Waals surface area (Å²) in [4.78, 5) is 27.4. The van der Waals surface area contributed by atoms with Gasteiger partial charge in [0.05, 0.1) is 13.2 Å². The highest BCUT2D eigenvalue weighted by atomic mass is 19.4. The van der Waals surface area contributed by atoms with Crippen LogP contribution in [0.3, 0.4) is 0 Å². The number of anilines is 2. The first-order chi connectivity index (χ1) is 14.3. The summed E-state index contributed by atoms with van der Waals surface area (Å²) >= 11 is 0. The molecule has 0 unspecified atom stereocenters. The van der Waals surface area contributed by atoms with Gasteiger partial charge in [-0.25, -0.2) is 0 Å². The average molecular weight is 428 g/mol. The molecule has 7 nitrogen and oxygen atoms in total. The van der Waals surface area contributed by atoms with Crippen LogP contribution >= 0.6 is 0 Å². The van der Waals surface area contributed by atoms with Crippen LogP contribution < -0.4 is 16.0 Å². The van der Waals surface area contributed by atoms with E-state index >= 15 is 0 Å². The maximum Gasteiger partial charge on any atom is 0.401 e. The Labute approximate surface area is 173 Å². The molecule has 30 heavy (non-hydrogen) atoms. The number of benzene rings is 1. The molecule has 1 atom stereocenters. The minimum absolute atomic E-state index is 0.0205. The second-order valence-electron chi connectivity index (χ2n) is 7.73. The minimum Gasteiger partial charge on any atom is -0.370 e. The quantitative estimate of drug-likeness (QED) is 0.661. The number of nitrogens with one attached hydrogen (secondary N) is 1. The van der Waals surface area contributed by atoms with Gasteiger partial charge in [-0.3, -0.25) is 14.5 Å². The molecular formula is C20H27F3N4O3. The number of amides is 2. The molecular weight excluding hydrogens is 401 g/mol. The lowest BCUT2D eigenvalue weighted by Crippen LogP contribution is -2.53. The van der Waals surface area contributed by atoms with E-state index in [2.05, 4.69) is 5.32 Å². The van der Waals surface area contributed by atoms with Crippen molar-refractivity contribution >= 4 is 23.2 Å². The number of morpholine rings is 1. The van der Waals surface area contributed by atoms with E-state index < -0.39 is 24.7 Å². The summed E-state index contributed by atoms with van der Waals surface area (Å²) in [6, 6.07) is 5.51. The highest BCUT2D eigenvalue weighted by molar-refractivity contribution is 5.97. The summed E-state index contributed by atoms with van der Waals surface area (Å²) in [6.07, 6.45) is -1.67. The first-order valence-electron chi connectivity index (χ1n) is 10.1. The number of carbonyl (C=O) groups is 2. The molecule has 0 radical (unpaired) electrons. The summed E-state index contributed by atoms with van der Waals surface area (Å²) in [5, 5.41) is 2.65. The third-order valence-corrected chi connectivity index (χ3v) is 5.50. The largest absolute Gasteiger partial charge is 0.401 e. The van der Waals surface area contributed by atoms with Gasteiger partial charge in [0.1, 0.15) is 12.6 Å². The Morgan fingerprint density at radius 3 is 2.53 bits per heavy atom. The van der Waals surface area contributed by atoms with Crippen LogP contribution in [0.4, 0.5) is 24.5 Å². The molecule has 2 amide bonds. The zero-order valence-corrected chi connectivity index (χ0v) is 16.7. The van der Waals surface area contributed by atoms with Crippen molar-refractivity contribution in [3.05, 3.63) is 24.3 Å². The summed E-state index contributed by atoms with van der Waals surface area (Å²) in [6.45, 7) is -0.281. The van der Waals surface area contributed by atoms with E-state index in [9.17, 15) is 22.8 Å². The number of nitrogens with zero attached hydrogens (tertiary/aromatic N) is 2. The van der Waals surface area contributed by atoms with Crippen LogP contribution in [-0.2, 0) is 14.3 Å². The Balaban J connectivity index is 1.65. The molecule has 1 heterocycles. The van der Waals surface area contributed by atoms with Crippen LogP contribution in [0.25, 0.3) is 0 Å². The van der Waals surface area contributed by atoms with Gasteiger partial charge in [0.2, 0.25) is 5.91 Å². The van der Waals surface area contributed by atoms with Gasteiger partial charge in [-0.05, 0) is 43.0 Å². The molecule has 1 saturated heterocycles. The van der Waals surface area contributed by atoms with Crippen molar-refractivity contribution in [2.75, 3.05) is 49.6 Å². The number of hydrogen-bond donors (Lipinski definition) is 2. The number of halogens is 3. The number of nitrogens with two attached hydrogens (primary N) is 1. The van der Waals surface area contributed by atoms with Crippen molar-refractivity contribution in [2.24, 2.45) is 11.7 Å². The van der Waals surface area contributed by atoms with Crippen LogP contribution in [0, 0.1) is 5.92 Å². The number of hydrogen-bond acceptors (Lipinski definition) is 5. The lowest BCUT2D eigenvalue weighted by molar-refractivity contribution is -0.155. The van der Waals surface area contributed by atoms with Crippen molar-refractivity contribution in [2.45, 2.75) is 31.5 Å². The monoisotopic (exact) mass is 428 g/mol. The molecule has 0 bridgehead atoms. The van der Waals surface area contributed by atoms with E-state index in [1.165, 1.54) is 0 Å². The zero-order valence-electron chi connectivity index (χ0n) is 16.7. The topological polar surface area (TPSA) is 87.9 Å². The van der Waals surface area contributed by atoms with Crippen LogP contribution in [0.2, 0.25) is 0 Å². The fourth-order valence-electron chi connectivity index (χ4n) is 3.70. The van der Waals surface area contributed by atoms with Gasteiger partial charge in [0.25, 0.3) is 5.91 Å². The molecule has 3 N–H and O–H groups in total. The van der Waals surface area contributed by atoms with E-state index in [0.717, 1.165) is 24.2 Å². The van der Waals surface area contributed by atoms with Gasteiger partial charge < -0.3 is 20.7 Å². The van der Waals surface area contributed by atoms with Crippen molar-refractivity contribution < 1.29 is 27.5 Å². The fourth-order valence-corrected chi connectivity index (χ4v) is 3.70. The highest BCUT2D eigenvalue weighted by Gasteiger charge is 2.37. The van der Waals surface area contributed by atoms with Crippen molar-refractivity contribution in [3.8, 4) is 0 Å². The number of rotatable bonds is 8. The molecule has 166 valence electrons. The summed E-state index contributed by atoms with van der Waals surface area (Å²) in [7, 11) is 0. The summed E-state index contributed by atoms with van der Waals surface area (Å²) in [5.74, 6) is -0.559. The first kappa shape index (κ1) is 22.5. The molecule has 0 spiro atoms. The summed E-state index contributed by atoms with van der Waals surface area (Å²) < 4.78 is 44.3. The van der Waals surface area contributed by atoms with E-state index in [0.29, 0.717) is 24.5 Å². The van der Waals surface area contributed by atoms with Crippen LogP contribution in [0.15, 0.2) is 24.3 Å². The molecule has 10 heteroatoms. The predicted molar refractivity (Wildman–Crippen MR) is 106 cm³/mol. The van der Waals surface area contributed by atoms with Gasteiger partial charge in [0, 0.05) is 31.0 Å². The Kier molecular flexibility index (Phi) is 7.32. The lowest BCUT2D eigenvalue weighted by Gasteiger charge is -2.36. The van der Waals surface area contributed by atoms with E-state index in [4.69, 9.17) is 10.5 Å². The maximum atomic E-state index is 13.1. The Bertz CT molecular complexity index is 738. The smallest absolute Gasteiger partial charge is 0.370 e.